The van der Waals surface area contributed by atoms with E-state index in [4.69, 9.17) is 0 Å². The van der Waals surface area contributed by atoms with Crippen LogP contribution in [0.15, 0.2) is 48.5 Å². The first-order chi connectivity index (χ1) is 11.1. The van der Waals surface area contributed by atoms with E-state index in [9.17, 15) is 9.59 Å². The fourth-order valence-corrected chi connectivity index (χ4v) is 2.20. The van der Waals surface area contributed by atoms with E-state index in [0.717, 1.165) is 42.0 Å². The van der Waals surface area contributed by atoms with Crippen molar-refractivity contribution >= 4 is 22.9 Å². The number of Topliss-reactive ketones (excluding diaryl/α,β-unsaturated/α-hetero) is 2. The molecule has 2 aromatic carbocycles. The van der Waals surface area contributed by atoms with Crippen molar-refractivity contribution in [3.8, 4) is 0 Å². The third-order valence-electron chi connectivity index (χ3n) is 3.59. The van der Waals surface area contributed by atoms with Gasteiger partial charge in [-0.3, -0.25) is 9.59 Å². The predicted molar refractivity (Wildman–Crippen MR) is 94.5 cm³/mol. The van der Waals surface area contributed by atoms with Crippen LogP contribution in [0.1, 0.15) is 41.0 Å². The summed E-state index contributed by atoms with van der Waals surface area (Å²) in [5.74, 6) is 0.160. The van der Waals surface area contributed by atoms with Crippen molar-refractivity contribution in [1.82, 2.24) is 0 Å². The predicted octanol–water partition coefficient (Wildman–Crippen LogP) is 4.01. The van der Waals surface area contributed by atoms with Crippen LogP contribution < -0.4 is 10.6 Å². The molecule has 0 saturated carbocycles. The molecule has 4 heteroatoms. The summed E-state index contributed by atoms with van der Waals surface area (Å²) in [4.78, 5) is 22.4. The maximum atomic E-state index is 11.2. The average Bonchev–Trinajstić information content (AvgIpc) is 2.55. The highest BCUT2D eigenvalue weighted by atomic mass is 16.1. The van der Waals surface area contributed by atoms with Crippen molar-refractivity contribution in [3.05, 3.63) is 59.7 Å². The van der Waals surface area contributed by atoms with Gasteiger partial charge in [0, 0.05) is 35.6 Å². The summed E-state index contributed by atoms with van der Waals surface area (Å²) in [6.45, 7) is 4.82. The number of hydrogen-bond donors (Lipinski definition) is 2. The van der Waals surface area contributed by atoms with Gasteiger partial charge in [-0.2, -0.15) is 0 Å². The molecule has 0 atom stereocenters. The van der Waals surface area contributed by atoms with Gasteiger partial charge in [-0.05, 0) is 68.8 Å². The Bertz CT molecular complexity index is 601. The molecule has 23 heavy (non-hydrogen) atoms. The molecule has 0 bridgehead atoms. The van der Waals surface area contributed by atoms with Gasteiger partial charge in [0.2, 0.25) is 0 Å². The lowest BCUT2D eigenvalue weighted by Crippen LogP contribution is -2.09. The fraction of sp³-hybridized carbons (Fsp3) is 0.263. The van der Waals surface area contributed by atoms with Crippen molar-refractivity contribution in [2.75, 3.05) is 23.7 Å². The minimum atomic E-state index is 0.0801. The summed E-state index contributed by atoms with van der Waals surface area (Å²) in [5.41, 5.74) is 3.49. The number of nitrogens with one attached hydrogen (secondary N) is 2. The Labute approximate surface area is 136 Å². The van der Waals surface area contributed by atoms with Gasteiger partial charge in [0.15, 0.2) is 11.6 Å². The van der Waals surface area contributed by atoms with Crippen LogP contribution in [0, 0.1) is 0 Å². The lowest BCUT2D eigenvalue weighted by Gasteiger charge is -2.09. The fourth-order valence-electron chi connectivity index (χ4n) is 2.20. The maximum absolute atomic E-state index is 11.2. The molecule has 2 N–H and O–H groups in total. The lowest BCUT2D eigenvalue weighted by atomic mass is 10.1. The van der Waals surface area contributed by atoms with E-state index in [0.29, 0.717) is 0 Å². The quantitative estimate of drug-likeness (QED) is 0.571. The Hall–Kier alpha value is -2.62. The van der Waals surface area contributed by atoms with Crippen molar-refractivity contribution in [2.45, 2.75) is 20.3 Å². The third kappa shape index (κ3) is 5.25. The van der Waals surface area contributed by atoms with Crippen LogP contribution in [-0.2, 0) is 0 Å². The number of ketones is 2. The maximum Gasteiger partial charge on any atom is 0.159 e. The Morgan fingerprint density at radius 2 is 1.04 bits per heavy atom. The summed E-state index contributed by atoms with van der Waals surface area (Å²) < 4.78 is 0. The highest BCUT2D eigenvalue weighted by molar-refractivity contribution is 5.94. The van der Waals surface area contributed by atoms with E-state index < -0.39 is 0 Å². The van der Waals surface area contributed by atoms with E-state index in [-0.39, 0.29) is 11.6 Å². The molecule has 0 unspecified atom stereocenters. The van der Waals surface area contributed by atoms with Crippen LogP contribution >= 0.6 is 0 Å². The second kappa shape index (κ2) is 8.13. The molecule has 0 aromatic heterocycles. The first-order valence-electron chi connectivity index (χ1n) is 7.76. The van der Waals surface area contributed by atoms with Gasteiger partial charge < -0.3 is 10.6 Å². The largest absolute Gasteiger partial charge is 0.385 e. The molecule has 0 spiro atoms. The average molecular weight is 310 g/mol. The van der Waals surface area contributed by atoms with Crippen molar-refractivity contribution in [3.63, 3.8) is 0 Å². The Kier molecular flexibility index (Phi) is 5.92. The highest BCUT2D eigenvalue weighted by Gasteiger charge is 2.00. The highest BCUT2D eigenvalue weighted by Crippen LogP contribution is 2.11. The smallest absolute Gasteiger partial charge is 0.159 e. The minimum absolute atomic E-state index is 0.0801. The number of hydrogen-bond acceptors (Lipinski definition) is 4. The van der Waals surface area contributed by atoms with Crippen molar-refractivity contribution in [1.29, 1.82) is 0 Å². The molecule has 0 saturated heterocycles. The summed E-state index contributed by atoms with van der Waals surface area (Å²) in [6, 6.07) is 15.0. The molecule has 120 valence electrons. The van der Waals surface area contributed by atoms with Crippen LogP contribution in [-0.4, -0.2) is 24.7 Å². The summed E-state index contributed by atoms with van der Waals surface area (Å²) in [5, 5.41) is 6.65. The molecule has 0 amide bonds. The Morgan fingerprint density at radius 1 is 0.696 bits per heavy atom. The first-order valence-corrected chi connectivity index (χ1v) is 7.76. The standard InChI is InChI=1S/C19H22N2O2/c1-14(22)16-4-8-18(9-5-16)20-12-3-13-21-19-10-6-17(7-11-19)15(2)23/h4-11,20-21H,3,12-13H2,1-2H3. The molecular formula is C19H22N2O2. The molecule has 0 aliphatic carbocycles. The zero-order chi connectivity index (χ0) is 16.7. The van der Waals surface area contributed by atoms with E-state index in [2.05, 4.69) is 10.6 Å². The van der Waals surface area contributed by atoms with Crippen LogP contribution in [0.2, 0.25) is 0 Å². The molecule has 0 heterocycles. The molecule has 4 nitrogen and oxygen atoms in total. The first kappa shape index (κ1) is 16.7. The van der Waals surface area contributed by atoms with Crippen molar-refractivity contribution in [2.24, 2.45) is 0 Å². The summed E-state index contributed by atoms with van der Waals surface area (Å²) >= 11 is 0. The van der Waals surface area contributed by atoms with Gasteiger partial charge in [0.05, 0.1) is 0 Å². The van der Waals surface area contributed by atoms with E-state index in [1.165, 1.54) is 0 Å². The Balaban J connectivity index is 1.69. The molecule has 0 aliphatic rings. The van der Waals surface area contributed by atoms with Gasteiger partial charge in [-0.15, -0.1) is 0 Å². The topological polar surface area (TPSA) is 58.2 Å². The summed E-state index contributed by atoms with van der Waals surface area (Å²) in [7, 11) is 0. The van der Waals surface area contributed by atoms with Gasteiger partial charge in [0.25, 0.3) is 0 Å². The third-order valence-corrected chi connectivity index (χ3v) is 3.59. The molecule has 2 rings (SSSR count). The van der Waals surface area contributed by atoms with Gasteiger partial charge >= 0.3 is 0 Å². The van der Waals surface area contributed by atoms with Crippen LogP contribution in [0.5, 0.6) is 0 Å². The monoisotopic (exact) mass is 310 g/mol. The summed E-state index contributed by atoms with van der Waals surface area (Å²) in [6.07, 6.45) is 0.961. The van der Waals surface area contributed by atoms with Crippen LogP contribution in [0.4, 0.5) is 11.4 Å². The SMILES string of the molecule is CC(=O)c1ccc(NCCCNc2ccc(C(C)=O)cc2)cc1. The minimum Gasteiger partial charge on any atom is -0.385 e. The van der Waals surface area contributed by atoms with Gasteiger partial charge in [-0.25, -0.2) is 0 Å². The number of rotatable bonds is 8. The van der Waals surface area contributed by atoms with E-state index in [1.54, 1.807) is 13.8 Å². The zero-order valence-corrected chi connectivity index (χ0v) is 13.6. The number of carbonyl (C=O) groups is 2. The second-order valence-electron chi connectivity index (χ2n) is 5.47. The van der Waals surface area contributed by atoms with Gasteiger partial charge in [-0.1, -0.05) is 0 Å². The van der Waals surface area contributed by atoms with E-state index >= 15 is 0 Å². The zero-order valence-electron chi connectivity index (χ0n) is 13.6. The molecule has 2 aromatic rings. The number of anilines is 2. The molecule has 0 radical (unpaired) electrons. The number of carbonyl (C=O) groups excluding carboxylic acids is 2. The van der Waals surface area contributed by atoms with Crippen LogP contribution in [0.25, 0.3) is 0 Å². The number of benzene rings is 2. The Morgan fingerprint density at radius 3 is 1.35 bits per heavy atom. The van der Waals surface area contributed by atoms with Crippen LogP contribution in [0.3, 0.4) is 0 Å². The van der Waals surface area contributed by atoms with Crippen molar-refractivity contribution < 1.29 is 9.59 Å². The normalized spacial score (nSPS) is 10.2. The molecule has 0 fully saturated rings. The lowest BCUT2D eigenvalue weighted by molar-refractivity contribution is 0.100. The van der Waals surface area contributed by atoms with E-state index in [1.807, 2.05) is 48.5 Å². The molecule has 0 aliphatic heterocycles. The van der Waals surface area contributed by atoms with Gasteiger partial charge in [0.1, 0.15) is 0 Å². The second-order valence-corrected chi connectivity index (χ2v) is 5.47. The molecular weight excluding hydrogens is 288 g/mol.